The summed E-state index contributed by atoms with van der Waals surface area (Å²) in [4.78, 5) is 22.8. The number of aldehydes is 1. The molecular weight excluding hydrogens is 618 g/mol. The summed E-state index contributed by atoms with van der Waals surface area (Å²) in [6.45, 7) is -0.550. The summed E-state index contributed by atoms with van der Waals surface area (Å²) < 4.78 is 95.3. The van der Waals surface area contributed by atoms with E-state index in [0.29, 0.717) is 6.29 Å². The van der Waals surface area contributed by atoms with Crippen LogP contribution in [0.4, 0.5) is 13.2 Å². The highest BCUT2D eigenvalue weighted by Gasteiger charge is 2.49. The largest absolute Gasteiger partial charge is 0.741 e. The summed E-state index contributed by atoms with van der Waals surface area (Å²) in [5.41, 5.74) is -0.178. The molecule has 1 amide bonds. The maximum Gasteiger partial charge on any atom is 0.485 e. The van der Waals surface area contributed by atoms with Crippen molar-refractivity contribution in [3.05, 3.63) is 60.4 Å². The number of halogens is 3. The van der Waals surface area contributed by atoms with Gasteiger partial charge in [0.15, 0.2) is 28.6 Å². The number of ether oxygens (including phenoxy) is 2. The number of methoxy groups -OCH3 is 1. The minimum absolute atomic E-state index is 0.0921. The zero-order valence-corrected chi connectivity index (χ0v) is 23.3. The van der Waals surface area contributed by atoms with E-state index in [-0.39, 0.29) is 17.9 Å². The van der Waals surface area contributed by atoms with Crippen LogP contribution in [0.25, 0.3) is 0 Å². The number of carbonyl (C=O) groups is 2. The number of rotatable bonds is 12. The molecule has 0 aliphatic carbocycles. The van der Waals surface area contributed by atoms with Crippen LogP contribution in [-0.4, -0.2) is 85.6 Å². The Labute approximate surface area is 237 Å². The van der Waals surface area contributed by atoms with E-state index in [1.165, 1.54) is 36.2 Å². The summed E-state index contributed by atoms with van der Waals surface area (Å²) in [5.74, 6) is -0.460. The third-order valence-electron chi connectivity index (χ3n) is 5.23. The van der Waals surface area contributed by atoms with Crippen LogP contribution >= 0.6 is 7.75 Å². The monoisotopic (exact) mass is 645 g/mol. The second kappa shape index (κ2) is 14.9. The summed E-state index contributed by atoms with van der Waals surface area (Å²) in [5, 5.41) is 23.5. The first kappa shape index (κ1) is 35.2. The van der Waals surface area contributed by atoms with Gasteiger partial charge in [0.25, 0.3) is 12.1 Å². The third-order valence-corrected chi connectivity index (χ3v) is 7.39. The first-order valence-corrected chi connectivity index (χ1v) is 14.5. The number of hydrogen-bond donors (Lipinski definition) is 4. The van der Waals surface area contributed by atoms with Crippen molar-refractivity contribution in [2.45, 2.75) is 36.1 Å². The molecule has 42 heavy (non-hydrogen) atoms. The number of pyridine rings is 1. The molecule has 1 aliphatic heterocycles. The molecule has 0 bridgehead atoms. The van der Waals surface area contributed by atoms with Gasteiger partial charge in [0.2, 0.25) is 0 Å². The van der Waals surface area contributed by atoms with E-state index < -0.39 is 66.5 Å². The molecule has 0 radical (unpaired) electrons. The van der Waals surface area contributed by atoms with Crippen molar-refractivity contribution in [3.8, 4) is 5.75 Å². The lowest BCUT2D eigenvalue weighted by molar-refractivity contribution is -0.765. The first-order chi connectivity index (χ1) is 19.5. The minimum Gasteiger partial charge on any atom is -0.741 e. The number of hydrogen-bond acceptors (Lipinski definition) is 12. The lowest BCUT2D eigenvalue weighted by Crippen LogP contribution is -2.46. The van der Waals surface area contributed by atoms with Gasteiger partial charge in [-0.05, 0) is 18.2 Å². The summed E-state index contributed by atoms with van der Waals surface area (Å²) >= 11 is 0. The number of benzene rings is 1. The van der Waals surface area contributed by atoms with Crippen LogP contribution in [0.2, 0.25) is 0 Å². The van der Waals surface area contributed by atoms with E-state index in [0.717, 1.165) is 0 Å². The Morgan fingerprint density at radius 2 is 1.86 bits per heavy atom. The zero-order chi connectivity index (χ0) is 31.7. The lowest BCUT2D eigenvalue weighted by Gasteiger charge is -2.24. The molecule has 1 aromatic heterocycles. The zero-order valence-electron chi connectivity index (χ0n) is 21.6. The number of alkyl halides is 3. The van der Waals surface area contributed by atoms with E-state index in [9.17, 15) is 37.5 Å². The number of para-hydroxylation sites is 1. The van der Waals surface area contributed by atoms with Gasteiger partial charge in [-0.25, -0.2) is 13.0 Å². The van der Waals surface area contributed by atoms with Crippen molar-refractivity contribution in [2.75, 3.05) is 20.3 Å². The molecule has 0 spiro atoms. The molecule has 3 rings (SSSR count). The molecule has 2 aromatic rings. The highest BCUT2D eigenvalue weighted by molar-refractivity contribution is 7.86. The van der Waals surface area contributed by atoms with Crippen LogP contribution in [0.3, 0.4) is 0 Å². The maximum atomic E-state index is 13.4. The third kappa shape index (κ3) is 10.1. The van der Waals surface area contributed by atoms with E-state index in [1.807, 2.05) is 0 Å². The Morgan fingerprint density at radius 3 is 2.38 bits per heavy atom. The van der Waals surface area contributed by atoms with Gasteiger partial charge in [0, 0.05) is 13.2 Å². The normalized spacial score (nSPS) is 22.7. The van der Waals surface area contributed by atoms with E-state index in [2.05, 4.69) is 5.09 Å². The van der Waals surface area contributed by atoms with Gasteiger partial charge < -0.3 is 39.3 Å². The van der Waals surface area contributed by atoms with Crippen LogP contribution in [0.5, 0.6) is 5.75 Å². The Kier molecular flexibility index (Phi) is 12.5. The van der Waals surface area contributed by atoms with Gasteiger partial charge in [0.1, 0.15) is 29.8 Å². The summed E-state index contributed by atoms with van der Waals surface area (Å²) in [7, 11) is -8.88. The van der Waals surface area contributed by atoms with Crippen molar-refractivity contribution >= 4 is 30.1 Å². The average molecular weight is 646 g/mol. The number of nitrogens with zero attached hydrogens (tertiary/aromatic N) is 1. The molecule has 1 saturated heterocycles. The van der Waals surface area contributed by atoms with Gasteiger partial charge in [-0.2, -0.15) is 22.8 Å². The Bertz CT molecular complexity index is 1350. The van der Waals surface area contributed by atoms with E-state index in [4.69, 9.17) is 37.2 Å². The number of aromatic nitrogens is 1. The molecule has 1 aromatic carbocycles. The van der Waals surface area contributed by atoms with Crippen LogP contribution in [-0.2, 0) is 33.5 Å². The number of carbonyl (C=O) groups excluding carboxylic acids is 2. The van der Waals surface area contributed by atoms with Crippen LogP contribution in [0.1, 0.15) is 16.6 Å². The summed E-state index contributed by atoms with van der Waals surface area (Å²) in [6.07, 6.45) is -1.59. The molecule has 234 valence electrons. The highest BCUT2D eigenvalue weighted by atomic mass is 32.2. The Balaban J connectivity index is 0.000000675. The summed E-state index contributed by atoms with van der Waals surface area (Å²) in [6, 6.07) is 10.2. The van der Waals surface area contributed by atoms with Crippen molar-refractivity contribution in [3.63, 3.8) is 0 Å². The average Bonchev–Trinajstić information content (AvgIpc) is 3.20. The number of aliphatic hydroxyl groups excluding tert-OH is 2. The van der Waals surface area contributed by atoms with Crippen molar-refractivity contribution in [1.29, 1.82) is 0 Å². The molecular formula is C22H27F3N3O12PS. The molecule has 2 heterocycles. The molecule has 1 fully saturated rings. The number of nitrogens with one attached hydrogen (secondary N) is 1. The number of amides is 1. The standard InChI is InChI=1S/C21H26N3O9P.CHF3O3S/c1-30-12-15(11-25)23-34(29,33-16-7-3-2-4-8-16)31-13-17-18(26)19(27)21(32-17)24-9-5-6-14(10-24)20(22)28;2-1(3,4)8(5,6)7/h2-11,15,17-19,21,26-27H,12-13H2,1H3,(H2-,22,23,28,29);(H,5,6,7)/t15-,17-,18-,19-,21-,34?;/m1./s1. The first-order valence-electron chi connectivity index (χ1n) is 11.6. The van der Waals surface area contributed by atoms with Crippen LogP contribution in [0, 0.1) is 0 Å². The van der Waals surface area contributed by atoms with Gasteiger partial charge in [-0.15, -0.1) is 0 Å². The predicted octanol–water partition coefficient (Wildman–Crippen LogP) is -0.249. The molecule has 20 heteroatoms. The van der Waals surface area contributed by atoms with Crippen molar-refractivity contribution in [2.24, 2.45) is 5.73 Å². The van der Waals surface area contributed by atoms with E-state index in [1.54, 1.807) is 30.3 Å². The van der Waals surface area contributed by atoms with Crippen LogP contribution < -0.4 is 19.9 Å². The van der Waals surface area contributed by atoms with E-state index >= 15 is 0 Å². The fraction of sp³-hybridized carbons (Fsp3) is 0.409. The lowest BCUT2D eigenvalue weighted by atomic mass is 10.1. The van der Waals surface area contributed by atoms with Crippen LogP contribution in [0.15, 0.2) is 54.9 Å². The Hall–Kier alpha value is -3.00. The smallest absolute Gasteiger partial charge is 0.485 e. The Morgan fingerprint density at radius 1 is 1.24 bits per heavy atom. The molecule has 5 N–H and O–H groups in total. The van der Waals surface area contributed by atoms with Crippen molar-refractivity contribution < 1.29 is 73.6 Å². The van der Waals surface area contributed by atoms with Crippen molar-refractivity contribution in [1.82, 2.24) is 5.09 Å². The van der Waals surface area contributed by atoms with Gasteiger partial charge in [-0.3, -0.25) is 9.32 Å². The molecule has 0 saturated carbocycles. The van der Waals surface area contributed by atoms with Gasteiger partial charge >= 0.3 is 13.3 Å². The second-order valence-corrected chi connectivity index (χ2v) is 11.4. The number of aliphatic hydroxyl groups is 2. The fourth-order valence-electron chi connectivity index (χ4n) is 3.28. The molecule has 1 aliphatic rings. The molecule has 1 unspecified atom stereocenters. The number of nitrogens with two attached hydrogens (primary N) is 1. The molecule has 6 atom stereocenters. The molecule has 15 nitrogen and oxygen atoms in total. The number of primary amides is 1. The fourth-order valence-corrected chi connectivity index (χ4v) is 4.75. The highest BCUT2D eigenvalue weighted by Crippen LogP contribution is 2.45. The SMILES string of the molecule is COC[C@@H](C=O)NP(=O)(OC[C@H]1O[C@@H]([n+]2cccc(C(N)=O)c2)[C@H](O)[C@@H]1O)Oc1ccccc1.O=S(=O)([O-])C(F)(F)F. The maximum absolute atomic E-state index is 13.4. The second-order valence-electron chi connectivity index (χ2n) is 8.37. The topological polar surface area (TPSA) is 228 Å². The quantitative estimate of drug-likeness (QED) is 0.0769. The van der Waals surface area contributed by atoms with Gasteiger partial charge in [0.05, 0.1) is 19.3 Å². The minimum atomic E-state index is -6.09. The van der Waals surface area contributed by atoms with Gasteiger partial charge in [-0.1, -0.05) is 18.2 Å². The predicted molar refractivity (Wildman–Crippen MR) is 132 cm³/mol.